The molecule has 0 aliphatic heterocycles. The molecular formula is C21H17F10N5O4. The van der Waals surface area contributed by atoms with Crippen molar-refractivity contribution in [1.29, 1.82) is 0 Å². The average Bonchev–Trinajstić information content (AvgIpc) is 3.25. The summed E-state index contributed by atoms with van der Waals surface area (Å²) >= 11 is 0. The lowest BCUT2D eigenvalue weighted by molar-refractivity contribution is -0.264. The zero-order valence-corrected chi connectivity index (χ0v) is 19.7. The molecule has 40 heavy (non-hydrogen) atoms. The zero-order valence-electron chi connectivity index (χ0n) is 19.7. The van der Waals surface area contributed by atoms with Gasteiger partial charge in [0.2, 0.25) is 5.60 Å². The Labute approximate surface area is 216 Å². The first-order valence-electron chi connectivity index (χ1n) is 10.4. The van der Waals surface area contributed by atoms with Crippen molar-refractivity contribution in [3.05, 3.63) is 47.4 Å². The minimum absolute atomic E-state index is 0.00165. The number of fused-ring (bicyclic) bond motifs is 1. The van der Waals surface area contributed by atoms with Crippen molar-refractivity contribution in [2.45, 2.75) is 31.1 Å². The number of aliphatic hydroxyl groups is 1. The van der Waals surface area contributed by atoms with Crippen LogP contribution in [0.25, 0.3) is 16.9 Å². The van der Waals surface area contributed by atoms with Crippen LogP contribution in [0.4, 0.5) is 49.7 Å². The van der Waals surface area contributed by atoms with Gasteiger partial charge in [-0.1, -0.05) is 12.1 Å². The first kappa shape index (κ1) is 32.1. The number of hydrogen-bond donors (Lipinski definition) is 4. The fourth-order valence-electron chi connectivity index (χ4n) is 3.14. The van der Waals surface area contributed by atoms with Crippen LogP contribution in [-0.2, 0) is 21.4 Å². The van der Waals surface area contributed by atoms with Crippen LogP contribution in [0.15, 0.2) is 30.6 Å². The van der Waals surface area contributed by atoms with Crippen LogP contribution >= 0.6 is 0 Å². The predicted molar refractivity (Wildman–Crippen MR) is 115 cm³/mol. The summed E-state index contributed by atoms with van der Waals surface area (Å²) in [6.07, 6.45) is -13.5. The van der Waals surface area contributed by atoms with E-state index in [0.717, 1.165) is 22.7 Å². The molecule has 0 saturated carbocycles. The Hall–Kier alpha value is -4.16. The number of carboxylic acid groups (broad SMARTS) is 1. The molecule has 0 aliphatic carbocycles. The summed E-state index contributed by atoms with van der Waals surface area (Å²) in [5.74, 6) is -4.67. The highest BCUT2D eigenvalue weighted by atomic mass is 19.4. The summed E-state index contributed by atoms with van der Waals surface area (Å²) in [6, 6.07) is 3.04. The number of nitrogens with two attached hydrogens (primary N) is 1. The number of nitrogens with zero attached hydrogens (tertiary/aromatic N) is 3. The van der Waals surface area contributed by atoms with Crippen LogP contribution in [0.2, 0.25) is 0 Å². The van der Waals surface area contributed by atoms with E-state index >= 15 is 0 Å². The normalized spacial score (nSPS) is 13.8. The van der Waals surface area contributed by atoms with E-state index in [9.17, 15) is 53.8 Å². The van der Waals surface area contributed by atoms with Crippen LogP contribution in [0.3, 0.4) is 0 Å². The molecule has 1 atom stereocenters. The number of benzene rings is 1. The minimum atomic E-state index is -5.29. The third kappa shape index (κ3) is 6.88. The molecule has 3 aromatic rings. The van der Waals surface area contributed by atoms with Crippen molar-refractivity contribution in [3.63, 3.8) is 0 Å². The Kier molecular flexibility index (Phi) is 8.93. The molecule has 1 aromatic carbocycles. The fraction of sp³-hybridized carbons (Fsp3) is 0.333. The molecule has 0 fully saturated rings. The molecule has 0 saturated heterocycles. The third-order valence-electron chi connectivity index (χ3n) is 5.17. The van der Waals surface area contributed by atoms with Gasteiger partial charge in [-0.15, -0.1) is 0 Å². The van der Waals surface area contributed by atoms with Gasteiger partial charge in [0.1, 0.15) is 0 Å². The average molecular weight is 593 g/mol. The number of amides is 1. The Morgan fingerprint density at radius 2 is 1.65 bits per heavy atom. The summed E-state index contributed by atoms with van der Waals surface area (Å²) in [4.78, 5) is 27.2. The lowest BCUT2D eigenvalue weighted by Gasteiger charge is -2.31. The molecule has 2 heterocycles. The molecule has 5 N–H and O–H groups in total. The molecule has 0 bridgehead atoms. The van der Waals surface area contributed by atoms with E-state index in [0.29, 0.717) is 11.8 Å². The number of nitrogens with one attached hydrogen (secondary N) is 1. The number of carbonyl (C=O) groups is 2. The van der Waals surface area contributed by atoms with Gasteiger partial charge in [-0.3, -0.25) is 9.20 Å². The Bertz CT molecular complexity index is 1400. The van der Waals surface area contributed by atoms with Crippen molar-refractivity contribution in [2.75, 3.05) is 19.0 Å². The summed E-state index contributed by atoms with van der Waals surface area (Å²) in [5, 5.41) is 19.2. The van der Waals surface area contributed by atoms with Gasteiger partial charge in [0.15, 0.2) is 23.8 Å². The fourth-order valence-corrected chi connectivity index (χ4v) is 3.14. The lowest BCUT2D eigenvalue weighted by atomic mass is 9.89. The standard InChI is InChI=1S/C19H16F7N5O2.C2HF3O2/c1-9-2-3-10(17(33,19(24,25)26)8-29-14(32)5-20)4-11(9)12-6-28-16-15(27)30-13(7-31(12)16)18(21,22)23;3-2(4,5)1(6)7/h2-4,6-7,33H,5,8H2,1H3,(H2,27,30)(H,29,32);(H,6,7). The molecule has 2 aromatic heterocycles. The van der Waals surface area contributed by atoms with Crippen LogP contribution in [0, 0.1) is 6.92 Å². The molecule has 1 amide bonds. The summed E-state index contributed by atoms with van der Waals surface area (Å²) in [7, 11) is 0. The first-order valence-corrected chi connectivity index (χ1v) is 10.4. The molecule has 19 heteroatoms. The Morgan fingerprint density at radius 1 is 1.07 bits per heavy atom. The van der Waals surface area contributed by atoms with Gasteiger partial charge in [0.25, 0.3) is 5.91 Å². The van der Waals surface area contributed by atoms with E-state index in [1.54, 1.807) is 5.32 Å². The molecule has 220 valence electrons. The number of aryl methyl sites for hydroxylation is 1. The smallest absolute Gasteiger partial charge is 0.475 e. The number of carbonyl (C=O) groups excluding carboxylic acids is 1. The second-order valence-electron chi connectivity index (χ2n) is 7.95. The van der Waals surface area contributed by atoms with Gasteiger partial charge in [-0.2, -0.15) is 39.5 Å². The van der Waals surface area contributed by atoms with E-state index in [-0.39, 0.29) is 16.9 Å². The first-order chi connectivity index (χ1) is 18.1. The lowest BCUT2D eigenvalue weighted by Crippen LogP contribution is -2.51. The monoisotopic (exact) mass is 593 g/mol. The van der Waals surface area contributed by atoms with Crippen LogP contribution in [0.5, 0.6) is 0 Å². The summed E-state index contributed by atoms with van der Waals surface area (Å²) in [6.45, 7) is -1.50. The Balaban J connectivity index is 0.000000708. The quantitative estimate of drug-likeness (QED) is 0.330. The number of hydrogen-bond acceptors (Lipinski definition) is 6. The van der Waals surface area contributed by atoms with Gasteiger partial charge < -0.3 is 21.3 Å². The third-order valence-corrected chi connectivity index (χ3v) is 5.17. The molecule has 1 unspecified atom stereocenters. The van der Waals surface area contributed by atoms with Gasteiger partial charge in [-0.25, -0.2) is 19.2 Å². The van der Waals surface area contributed by atoms with Gasteiger partial charge >= 0.3 is 24.5 Å². The van der Waals surface area contributed by atoms with E-state index in [2.05, 4.69) is 9.97 Å². The molecule has 3 rings (SSSR count). The molecular weight excluding hydrogens is 576 g/mol. The maximum atomic E-state index is 13.7. The number of carboxylic acids is 1. The molecule has 9 nitrogen and oxygen atoms in total. The van der Waals surface area contributed by atoms with Crippen LogP contribution in [-0.4, -0.2) is 62.0 Å². The Morgan fingerprint density at radius 3 is 2.12 bits per heavy atom. The number of rotatable bonds is 5. The van der Waals surface area contributed by atoms with Crippen molar-refractivity contribution < 1.29 is 63.7 Å². The van der Waals surface area contributed by atoms with Crippen molar-refractivity contribution >= 4 is 23.3 Å². The number of aromatic nitrogens is 3. The number of alkyl halides is 10. The second-order valence-corrected chi connectivity index (χ2v) is 7.95. The largest absolute Gasteiger partial charge is 0.490 e. The number of aliphatic carboxylic acids is 1. The van der Waals surface area contributed by atoms with E-state index in [1.807, 2.05) is 0 Å². The molecule has 0 aliphatic rings. The number of anilines is 1. The van der Waals surface area contributed by atoms with Crippen molar-refractivity contribution in [3.8, 4) is 11.3 Å². The highest BCUT2D eigenvalue weighted by molar-refractivity contribution is 5.77. The second kappa shape index (κ2) is 11.1. The molecule has 0 spiro atoms. The highest BCUT2D eigenvalue weighted by Crippen LogP contribution is 2.41. The van der Waals surface area contributed by atoms with E-state index in [4.69, 9.17) is 15.6 Å². The van der Waals surface area contributed by atoms with E-state index < -0.39 is 66.3 Å². The van der Waals surface area contributed by atoms with Crippen LogP contribution in [0.1, 0.15) is 16.8 Å². The van der Waals surface area contributed by atoms with E-state index in [1.165, 1.54) is 13.0 Å². The maximum absolute atomic E-state index is 13.7. The number of nitrogen functional groups attached to an aromatic ring is 1. The van der Waals surface area contributed by atoms with Gasteiger partial charge in [0, 0.05) is 11.8 Å². The van der Waals surface area contributed by atoms with Gasteiger partial charge in [-0.05, 0) is 24.1 Å². The minimum Gasteiger partial charge on any atom is -0.475 e. The predicted octanol–water partition coefficient (Wildman–Crippen LogP) is 3.77. The number of imidazole rings is 1. The summed E-state index contributed by atoms with van der Waals surface area (Å²) < 4.78 is 126. The summed E-state index contributed by atoms with van der Waals surface area (Å²) in [5.41, 5.74) is -0.00963. The highest BCUT2D eigenvalue weighted by Gasteiger charge is 2.55. The van der Waals surface area contributed by atoms with Crippen LogP contribution < -0.4 is 11.1 Å². The number of halogens is 10. The topological polar surface area (TPSA) is 143 Å². The SMILES string of the molecule is Cc1ccc(C(O)(CNC(=O)CF)C(F)(F)F)cc1-c1cnc2c(N)nc(C(F)(F)F)cn12.O=C(O)C(F)(F)F. The maximum Gasteiger partial charge on any atom is 0.490 e. The molecule has 0 radical (unpaired) electrons. The van der Waals surface area contributed by atoms with Gasteiger partial charge in [0.05, 0.1) is 18.4 Å². The van der Waals surface area contributed by atoms with Crippen molar-refractivity contribution in [1.82, 2.24) is 19.7 Å². The zero-order chi connectivity index (χ0) is 30.8. The van der Waals surface area contributed by atoms with Crippen molar-refractivity contribution in [2.24, 2.45) is 0 Å².